The number of aromatic nitrogens is 2. The van der Waals surface area contributed by atoms with Crippen molar-refractivity contribution in [3.05, 3.63) is 41.8 Å². The lowest BCUT2D eigenvalue weighted by Crippen LogP contribution is -2.04. The zero-order valence-corrected chi connectivity index (χ0v) is 9.51. The molecule has 0 saturated carbocycles. The molecule has 0 aliphatic heterocycles. The predicted molar refractivity (Wildman–Crippen MR) is 63.9 cm³/mol. The number of aryl methyl sites for hydroxylation is 1. The Morgan fingerprint density at radius 2 is 2.17 bits per heavy atom. The number of nitrogen functional groups attached to an aromatic ring is 1. The first-order valence-corrected chi connectivity index (χ1v) is 5.39. The van der Waals surface area contributed by atoms with E-state index in [-0.39, 0.29) is 24.3 Å². The van der Waals surface area contributed by atoms with E-state index in [1.54, 1.807) is 24.3 Å². The quantitative estimate of drug-likeness (QED) is 0.862. The number of rotatable bonds is 4. The van der Waals surface area contributed by atoms with E-state index in [1.807, 2.05) is 0 Å². The van der Waals surface area contributed by atoms with Gasteiger partial charge < -0.3 is 10.8 Å². The number of hydrogen-bond acceptors (Lipinski definition) is 3. The van der Waals surface area contributed by atoms with Crippen molar-refractivity contribution in [3.63, 3.8) is 0 Å². The molecule has 0 aliphatic carbocycles. The lowest BCUT2D eigenvalue weighted by molar-refractivity contribution is -0.136. The number of benzene rings is 1. The topological polar surface area (TPSA) is 81.1 Å². The summed E-state index contributed by atoms with van der Waals surface area (Å²) < 4.78 is 14.8. The van der Waals surface area contributed by atoms with Crippen LogP contribution in [0.5, 0.6) is 0 Å². The molecular weight excluding hydrogens is 237 g/mol. The number of para-hydroxylation sites is 1. The van der Waals surface area contributed by atoms with E-state index in [2.05, 4.69) is 5.10 Å². The zero-order chi connectivity index (χ0) is 13.1. The third-order valence-electron chi connectivity index (χ3n) is 2.46. The van der Waals surface area contributed by atoms with Gasteiger partial charge in [0.05, 0.1) is 12.1 Å². The average Bonchev–Trinajstić information content (AvgIpc) is 2.69. The summed E-state index contributed by atoms with van der Waals surface area (Å²) in [7, 11) is 0. The molecule has 0 radical (unpaired) electrons. The molecule has 2 aromatic rings. The van der Waals surface area contributed by atoms with Gasteiger partial charge in [-0.3, -0.25) is 4.79 Å². The maximum Gasteiger partial charge on any atom is 0.303 e. The van der Waals surface area contributed by atoms with Crippen LogP contribution >= 0.6 is 0 Å². The normalized spacial score (nSPS) is 10.5. The van der Waals surface area contributed by atoms with E-state index in [0.717, 1.165) is 0 Å². The molecular formula is C12H12FN3O2. The Bertz CT molecular complexity index is 580. The van der Waals surface area contributed by atoms with Gasteiger partial charge in [0.1, 0.15) is 17.3 Å². The summed E-state index contributed by atoms with van der Waals surface area (Å²) in [6.07, 6.45) is 0.231. The molecule has 2 rings (SSSR count). The van der Waals surface area contributed by atoms with Crippen molar-refractivity contribution in [2.75, 3.05) is 5.73 Å². The van der Waals surface area contributed by atoms with E-state index >= 15 is 0 Å². The van der Waals surface area contributed by atoms with Crippen molar-refractivity contribution in [1.82, 2.24) is 9.78 Å². The molecule has 1 heterocycles. The Labute approximate surface area is 103 Å². The van der Waals surface area contributed by atoms with Crippen LogP contribution in [0.15, 0.2) is 30.3 Å². The molecule has 0 amide bonds. The van der Waals surface area contributed by atoms with E-state index in [1.165, 1.54) is 10.7 Å². The first-order chi connectivity index (χ1) is 8.58. The molecule has 0 spiro atoms. The number of nitrogens with zero attached hydrogens (tertiary/aromatic N) is 2. The van der Waals surface area contributed by atoms with Crippen LogP contribution in [-0.4, -0.2) is 20.9 Å². The molecule has 3 N–H and O–H groups in total. The highest BCUT2D eigenvalue weighted by Gasteiger charge is 2.11. The minimum Gasteiger partial charge on any atom is -0.481 e. The number of carboxylic acid groups (broad SMARTS) is 1. The van der Waals surface area contributed by atoms with Gasteiger partial charge in [0, 0.05) is 12.5 Å². The van der Waals surface area contributed by atoms with Crippen molar-refractivity contribution in [1.29, 1.82) is 0 Å². The molecule has 94 valence electrons. The summed E-state index contributed by atoms with van der Waals surface area (Å²) in [4.78, 5) is 10.5. The SMILES string of the molecule is Nc1cc(CCC(=O)O)nn1-c1ccccc1F. The number of anilines is 1. The van der Waals surface area contributed by atoms with Gasteiger partial charge in [0.2, 0.25) is 0 Å². The second kappa shape index (κ2) is 4.87. The molecule has 0 saturated heterocycles. The third-order valence-corrected chi connectivity index (χ3v) is 2.46. The van der Waals surface area contributed by atoms with Gasteiger partial charge in [-0.05, 0) is 12.1 Å². The molecule has 1 aromatic heterocycles. The maximum atomic E-state index is 13.6. The molecule has 0 atom stereocenters. The van der Waals surface area contributed by atoms with E-state index < -0.39 is 11.8 Å². The fourth-order valence-electron chi connectivity index (χ4n) is 1.62. The second-order valence-corrected chi connectivity index (χ2v) is 3.82. The van der Waals surface area contributed by atoms with Crippen LogP contribution in [0, 0.1) is 5.82 Å². The number of aliphatic carboxylic acids is 1. The highest BCUT2D eigenvalue weighted by Crippen LogP contribution is 2.18. The van der Waals surface area contributed by atoms with E-state index in [0.29, 0.717) is 5.69 Å². The Morgan fingerprint density at radius 1 is 1.44 bits per heavy atom. The standard InChI is InChI=1S/C12H12FN3O2/c13-9-3-1-2-4-10(9)16-11(14)7-8(15-16)5-6-12(17)18/h1-4,7H,5-6,14H2,(H,17,18). The highest BCUT2D eigenvalue weighted by atomic mass is 19.1. The van der Waals surface area contributed by atoms with E-state index in [4.69, 9.17) is 10.8 Å². The number of carboxylic acids is 1. The third kappa shape index (κ3) is 2.48. The highest BCUT2D eigenvalue weighted by molar-refractivity contribution is 5.67. The van der Waals surface area contributed by atoms with Gasteiger partial charge in [-0.1, -0.05) is 12.1 Å². The lowest BCUT2D eigenvalue weighted by Gasteiger charge is -2.04. The minimum absolute atomic E-state index is 0.0340. The van der Waals surface area contributed by atoms with Crippen LogP contribution in [0.2, 0.25) is 0 Å². The largest absolute Gasteiger partial charge is 0.481 e. The van der Waals surface area contributed by atoms with Gasteiger partial charge in [0.25, 0.3) is 0 Å². The minimum atomic E-state index is -0.908. The molecule has 0 bridgehead atoms. The van der Waals surface area contributed by atoms with Crippen molar-refractivity contribution < 1.29 is 14.3 Å². The summed E-state index contributed by atoms with van der Waals surface area (Å²) in [6.45, 7) is 0. The summed E-state index contributed by atoms with van der Waals surface area (Å²) in [5.74, 6) is -1.06. The molecule has 0 aliphatic rings. The Kier molecular flexibility index (Phi) is 3.27. The predicted octanol–water partition coefficient (Wildman–Crippen LogP) is 1.61. The number of nitrogens with two attached hydrogens (primary N) is 1. The first kappa shape index (κ1) is 12.1. The Hall–Kier alpha value is -2.37. The fraction of sp³-hybridized carbons (Fsp3) is 0.167. The Morgan fingerprint density at radius 3 is 2.83 bits per heavy atom. The summed E-state index contributed by atoms with van der Waals surface area (Å²) in [6, 6.07) is 7.67. The number of carbonyl (C=O) groups is 1. The van der Waals surface area contributed by atoms with Gasteiger partial charge in [-0.2, -0.15) is 5.10 Å². The fourth-order valence-corrected chi connectivity index (χ4v) is 1.62. The van der Waals surface area contributed by atoms with Crippen LogP contribution in [0.25, 0.3) is 5.69 Å². The van der Waals surface area contributed by atoms with Gasteiger partial charge in [-0.15, -0.1) is 0 Å². The van der Waals surface area contributed by atoms with Crippen LogP contribution in [-0.2, 0) is 11.2 Å². The van der Waals surface area contributed by atoms with Crippen LogP contribution in [0.1, 0.15) is 12.1 Å². The average molecular weight is 249 g/mol. The van der Waals surface area contributed by atoms with Crippen molar-refractivity contribution in [3.8, 4) is 5.69 Å². The van der Waals surface area contributed by atoms with E-state index in [9.17, 15) is 9.18 Å². The molecule has 1 aromatic carbocycles. The molecule has 5 nitrogen and oxygen atoms in total. The first-order valence-electron chi connectivity index (χ1n) is 5.39. The monoisotopic (exact) mass is 249 g/mol. The molecule has 6 heteroatoms. The van der Waals surface area contributed by atoms with Crippen LogP contribution < -0.4 is 5.73 Å². The molecule has 0 unspecified atom stereocenters. The van der Waals surface area contributed by atoms with Gasteiger partial charge >= 0.3 is 5.97 Å². The summed E-state index contributed by atoms with van der Waals surface area (Å²) >= 11 is 0. The Balaban J connectivity index is 2.30. The van der Waals surface area contributed by atoms with Crippen molar-refractivity contribution >= 4 is 11.8 Å². The van der Waals surface area contributed by atoms with Gasteiger partial charge in [-0.25, -0.2) is 9.07 Å². The maximum absolute atomic E-state index is 13.6. The zero-order valence-electron chi connectivity index (χ0n) is 9.51. The van der Waals surface area contributed by atoms with Crippen molar-refractivity contribution in [2.45, 2.75) is 12.8 Å². The van der Waals surface area contributed by atoms with Gasteiger partial charge in [0.15, 0.2) is 0 Å². The van der Waals surface area contributed by atoms with Crippen LogP contribution in [0.3, 0.4) is 0 Å². The molecule has 0 fully saturated rings. The smallest absolute Gasteiger partial charge is 0.303 e. The number of hydrogen-bond donors (Lipinski definition) is 2. The number of halogens is 1. The summed E-state index contributed by atoms with van der Waals surface area (Å²) in [5, 5.41) is 12.7. The van der Waals surface area contributed by atoms with Crippen molar-refractivity contribution in [2.24, 2.45) is 0 Å². The second-order valence-electron chi connectivity index (χ2n) is 3.82. The molecule has 18 heavy (non-hydrogen) atoms. The summed E-state index contributed by atoms with van der Waals surface area (Å²) in [5.41, 5.74) is 6.51. The van der Waals surface area contributed by atoms with Crippen LogP contribution in [0.4, 0.5) is 10.2 Å². The lowest BCUT2D eigenvalue weighted by atomic mass is 10.2.